The number of nitrogens with one attached hydrogen (secondary N) is 2. The van der Waals surface area contributed by atoms with E-state index in [1.54, 1.807) is 48.7 Å². The SMILES string of the molecule is O=C(Nc1ccc(NC(=O)c2ccco2)c(Cl)c1)c1cccnc1. The summed E-state index contributed by atoms with van der Waals surface area (Å²) in [5.74, 6) is -0.527. The molecule has 0 fully saturated rings. The quantitative estimate of drug-likeness (QED) is 0.755. The zero-order chi connectivity index (χ0) is 16.9. The fraction of sp³-hybridized carbons (Fsp3) is 0. The van der Waals surface area contributed by atoms with E-state index in [4.69, 9.17) is 16.0 Å². The standard InChI is InChI=1S/C17H12ClN3O3/c18-13-9-12(20-16(22)11-3-1-7-19-10-11)5-6-14(13)21-17(23)15-4-2-8-24-15/h1-10H,(H,20,22)(H,21,23). The molecule has 0 atom stereocenters. The van der Waals surface area contributed by atoms with Crippen LogP contribution in [-0.4, -0.2) is 16.8 Å². The molecule has 0 aliphatic heterocycles. The fourth-order valence-corrected chi connectivity index (χ4v) is 2.21. The highest BCUT2D eigenvalue weighted by molar-refractivity contribution is 6.34. The molecule has 0 bridgehead atoms. The number of amides is 2. The largest absolute Gasteiger partial charge is 0.459 e. The van der Waals surface area contributed by atoms with E-state index in [0.717, 1.165) is 0 Å². The molecule has 0 radical (unpaired) electrons. The van der Waals surface area contributed by atoms with Crippen LogP contribution in [0.2, 0.25) is 5.02 Å². The van der Waals surface area contributed by atoms with Gasteiger partial charge in [0.2, 0.25) is 0 Å². The number of halogens is 1. The minimum absolute atomic E-state index is 0.181. The number of anilines is 2. The van der Waals surface area contributed by atoms with Crippen LogP contribution in [0.3, 0.4) is 0 Å². The van der Waals surface area contributed by atoms with E-state index in [0.29, 0.717) is 22.0 Å². The zero-order valence-electron chi connectivity index (χ0n) is 12.3. The monoisotopic (exact) mass is 341 g/mol. The molecule has 7 heteroatoms. The van der Waals surface area contributed by atoms with Gasteiger partial charge in [-0.15, -0.1) is 0 Å². The number of benzene rings is 1. The van der Waals surface area contributed by atoms with Crippen LogP contribution in [0.15, 0.2) is 65.5 Å². The highest BCUT2D eigenvalue weighted by atomic mass is 35.5. The van der Waals surface area contributed by atoms with Gasteiger partial charge in [-0.25, -0.2) is 0 Å². The summed E-state index contributed by atoms with van der Waals surface area (Å²) in [5.41, 5.74) is 1.35. The Kier molecular flexibility index (Phi) is 4.58. The van der Waals surface area contributed by atoms with Gasteiger partial charge in [-0.05, 0) is 42.5 Å². The van der Waals surface area contributed by atoms with Crippen LogP contribution >= 0.6 is 11.6 Å². The highest BCUT2D eigenvalue weighted by Gasteiger charge is 2.12. The minimum atomic E-state index is -0.408. The predicted octanol–water partition coefficient (Wildman–Crippen LogP) is 3.83. The molecule has 6 nitrogen and oxygen atoms in total. The number of pyridine rings is 1. The Morgan fingerprint density at radius 2 is 1.92 bits per heavy atom. The summed E-state index contributed by atoms with van der Waals surface area (Å²) in [6.07, 6.45) is 4.46. The predicted molar refractivity (Wildman–Crippen MR) is 90.3 cm³/mol. The first-order valence-electron chi connectivity index (χ1n) is 6.99. The Labute approximate surface area is 142 Å². The first-order chi connectivity index (χ1) is 11.6. The van der Waals surface area contributed by atoms with Crippen molar-refractivity contribution in [2.24, 2.45) is 0 Å². The fourth-order valence-electron chi connectivity index (χ4n) is 1.99. The maximum Gasteiger partial charge on any atom is 0.291 e. The maximum absolute atomic E-state index is 12.1. The lowest BCUT2D eigenvalue weighted by atomic mass is 10.2. The van der Waals surface area contributed by atoms with Crippen molar-refractivity contribution < 1.29 is 14.0 Å². The Hall–Kier alpha value is -3.12. The molecule has 2 amide bonds. The second-order valence-electron chi connectivity index (χ2n) is 4.82. The molecule has 0 saturated heterocycles. The third-order valence-corrected chi connectivity index (χ3v) is 3.46. The summed E-state index contributed by atoms with van der Waals surface area (Å²) in [7, 11) is 0. The van der Waals surface area contributed by atoms with Gasteiger partial charge in [0.1, 0.15) is 0 Å². The smallest absolute Gasteiger partial charge is 0.291 e. The summed E-state index contributed by atoms with van der Waals surface area (Å²) in [6.45, 7) is 0. The van der Waals surface area contributed by atoms with Gasteiger partial charge in [-0.1, -0.05) is 11.6 Å². The zero-order valence-corrected chi connectivity index (χ0v) is 13.1. The summed E-state index contributed by atoms with van der Waals surface area (Å²) < 4.78 is 5.01. The van der Waals surface area contributed by atoms with E-state index in [2.05, 4.69) is 15.6 Å². The number of aromatic nitrogens is 1. The average molecular weight is 342 g/mol. The Morgan fingerprint density at radius 3 is 2.58 bits per heavy atom. The minimum Gasteiger partial charge on any atom is -0.459 e. The van der Waals surface area contributed by atoms with Crippen LogP contribution < -0.4 is 10.6 Å². The Bertz CT molecular complexity index is 864. The van der Waals surface area contributed by atoms with Crippen molar-refractivity contribution >= 4 is 34.8 Å². The van der Waals surface area contributed by atoms with Crippen LogP contribution in [-0.2, 0) is 0 Å². The topological polar surface area (TPSA) is 84.2 Å². The summed E-state index contributed by atoms with van der Waals surface area (Å²) in [6, 6.07) is 11.3. The van der Waals surface area contributed by atoms with E-state index in [9.17, 15) is 9.59 Å². The van der Waals surface area contributed by atoms with Gasteiger partial charge in [0.25, 0.3) is 11.8 Å². The molecule has 0 aliphatic carbocycles. The molecule has 1 aromatic carbocycles. The van der Waals surface area contributed by atoms with E-state index in [1.807, 2.05) is 0 Å². The second kappa shape index (κ2) is 6.97. The molecular weight excluding hydrogens is 330 g/mol. The Balaban J connectivity index is 1.71. The van der Waals surface area contributed by atoms with Crippen LogP contribution in [0, 0.1) is 0 Å². The van der Waals surface area contributed by atoms with E-state index in [1.165, 1.54) is 12.5 Å². The lowest BCUT2D eigenvalue weighted by Crippen LogP contribution is -2.13. The molecule has 3 rings (SSSR count). The van der Waals surface area contributed by atoms with Crippen molar-refractivity contribution in [2.75, 3.05) is 10.6 Å². The van der Waals surface area contributed by atoms with Crippen molar-refractivity contribution in [1.29, 1.82) is 0 Å². The summed E-state index contributed by atoms with van der Waals surface area (Å²) in [5, 5.41) is 5.64. The van der Waals surface area contributed by atoms with Crippen LogP contribution in [0.5, 0.6) is 0 Å². The summed E-state index contributed by atoms with van der Waals surface area (Å²) in [4.78, 5) is 27.9. The van der Waals surface area contributed by atoms with Gasteiger partial charge >= 0.3 is 0 Å². The van der Waals surface area contributed by atoms with Gasteiger partial charge < -0.3 is 15.1 Å². The van der Waals surface area contributed by atoms with Gasteiger partial charge in [0.15, 0.2) is 5.76 Å². The van der Waals surface area contributed by atoms with Crippen LogP contribution in [0.25, 0.3) is 0 Å². The first kappa shape index (κ1) is 15.8. The number of furan rings is 1. The third-order valence-electron chi connectivity index (χ3n) is 3.14. The van der Waals surface area contributed by atoms with E-state index in [-0.39, 0.29) is 11.7 Å². The van der Waals surface area contributed by atoms with Crippen molar-refractivity contribution in [3.63, 3.8) is 0 Å². The van der Waals surface area contributed by atoms with Crippen molar-refractivity contribution in [3.8, 4) is 0 Å². The molecule has 0 aliphatic rings. The number of carbonyl (C=O) groups excluding carboxylic acids is 2. The van der Waals surface area contributed by atoms with Crippen molar-refractivity contribution in [1.82, 2.24) is 4.98 Å². The number of carbonyl (C=O) groups is 2. The summed E-state index contributed by atoms with van der Waals surface area (Å²) >= 11 is 6.16. The van der Waals surface area contributed by atoms with Gasteiger partial charge in [0, 0.05) is 18.1 Å². The molecule has 2 aromatic heterocycles. The third kappa shape index (κ3) is 3.61. The molecule has 120 valence electrons. The second-order valence-corrected chi connectivity index (χ2v) is 5.23. The number of hydrogen-bond acceptors (Lipinski definition) is 4. The normalized spacial score (nSPS) is 10.2. The number of nitrogens with zero attached hydrogens (tertiary/aromatic N) is 1. The molecule has 3 aromatic rings. The molecule has 0 unspecified atom stereocenters. The number of rotatable bonds is 4. The van der Waals surface area contributed by atoms with Crippen molar-refractivity contribution in [2.45, 2.75) is 0 Å². The molecule has 2 N–H and O–H groups in total. The van der Waals surface area contributed by atoms with Crippen LogP contribution in [0.1, 0.15) is 20.9 Å². The molecular formula is C17H12ClN3O3. The van der Waals surface area contributed by atoms with Crippen molar-refractivity contribution in [3.05, 3.63) is 77.5 Å². The molecule has 0 spiro atoms. The number of hydrogen-bond donors (Lipinski definition) is 2. The molecule has 24 heavy (non-hydrogen) atoms. The lowest BCUT2D eigenvalue weighted by Gasteiger charge is -2.09. The van der Waals surface area contributed by atoms with Gasteiger partial charge in [-0.2, -0.15) is 0 Å². The van der Waals surface area contributed by atoms with E-state index < -0.39 is 5.91 Å². The maximum atomic E-state index is 12.1. The first-order valence-corrected chi connectivity index (χ1v) is 7.37. The Morgan fingerprint density at radius 1 is 1.04 bits per heavy atom. The van der Waals surface area contributed by atoms with Gasteiger partial charge in [0.05, 0.1) is 22.5 Å². The average Bonchev–Trinajstić information content (AvgIpc) is 3.13. The van der Waals surface area contributed by atoms with Gasteiger partial charge in [-0.3, -0.25) is 14.6 Å². The highest BCUT2D eigenvalue weighted by Crippen LogP contribution is 2.26. The molecule has 0 saturated carbocycles. The molecule has 2 heterocycles. The van der Waals surface area contributed by atoms with E-state index >= 15 is 0 Å². The lowest BCUT2D eigenvalue weighted by molar-refractivity contribution is 0.0994. The van der Waals surface area contributed by atoms with Crippen LogP contribution in [0.4, 0.5) is 11.4 Å².